The number of aliphatic imine (C=N–C) groups is 1. The molecule has 0 radical (unpaired) electrons. The molecule has 0 aliphatic rings. The van der Waals surface area contributed by atoms with Gasteiger partial charge in [-0.1, -0.05) is 0 Å². The molecule has 1 unspecified atom stereocenters. The molecule has 23 heavy (non-hydrogen) atoms. The van der Waals surface area contributed by atoms with Gasteiger partial charge in [0.15, 0.2) is 5.96 Å². The molecule has 1 atom stereocenters. The van der Waals surface area contributed by atoms with Crippen molar-refractivity contribution in [1.29, 1.82) is 0 Å². The van der Waals surface area contributed by atoms with Crippen LogP contribution in [0.15, 0.2) is 17.1 Å². The van der Waals surface area contributed by atoms with Crippen LogP contribution in [0.3, 0.4) is 0 Å². The summed E-state index contributed by atoms with van der Waals surface area (Å²) in [7, 11) is -3.15. The van der Waals surface area contributed by atoms with Crippen LogP contribution in [-0.2, 0) is 16.4 Å². The number of nitrogens with zero attached hydrogens (tertiary/aromatic N) is 1. The van der Waals surface area contributed by atoms with Crippen molar-refractivity contribution in [2.24, 2.45) is 4.99 Å². The maximum absolute atomic E-state index is 11.0. The fourth-order valence-corrected chi connectivity index (χ4v) is 3.38. The van der Waals surface area contributed by atoms with Crippen molar-refractivity contribution in [3.63, 3.8) is 0 Å². The number of hydrogen-bond acceptors (Lipinski definition) is 4. The molecule has 0 aliphatic heterocycles. The van der Waals surface area contributed by atoms with Gasteiger partial charge in [0.1, 0.15) is 0 Å². The molecule has 0 aliphatic carbocycles. The molecule has 1 rings (SSSR count). The van der Waals surface area contributed by atoms with Gasteiger partial charge in [-0.3, -0.25) is 4.99 Å². The highest BCUT2D eigenvalue weighted by atomic mass is 127. The lowest BCUT2D eigenvalue weighted by Crippen LogP contribution is -2.43. The van der Waals surface area contributed by atoms with E-state index >= 15 is 0 Å². The molecule has 6 nitrogen and oxygen atoms in total. The SMILES string of the molecule is CCNC(=NCCNS(C)(=O)=O)NC(C)Cc1ccc(C)s1.I. The molecule has 3 N–H and O–H groups in total. The third kappa shape index (κ3) is 10.9. The van der Waals surface area contributed by atoms with Crippen molar-refractivity contribution >= 4 is 51.3 Å². The Morgan fingerprint density at radius 1 is 1.39 bits per heavy atom. The summed E-state index contributed by atoms with van der Waals surface area (Å²) in [6.07, 6.45) is 2.08. The molecule has 134 valence electrons. The van der Waals surface area contributed by atoms with Crippen molar-refractivity contribution in [3.05, 3.63) is 21.9 Å². The maximum Gasteiger partial charge on any atom is 0.208 e. The van der Waals surface area contributed by atoms with Gasteiger partial charge in [-0.2, -0.15) is 0 Å². The summed E-state index contributed by atoms with van der Waals surface area (Å²) in [4.78, 5) is 7.03. The number of thiophene rings is 1. The second kappa shape index (κ2) is 11.2. The second-order valence-electron chi connectivity index (χ2n) is 5.19. The highest BCUT2D eigenvalue weighted by molar-refractivity contribution is 14.0. The van der Waals surface area contributed by atoms with E-state index in [1.807, 2.05) is 6.92 Å². The highest BCUT2D eigenvalue weighted by Gasteiger charge is 2.07. The zero-order chi connectivity index (χ0) is 16.6. The molecule has 0 spiro atoms. The molecule has 0 bridgehead atoms. The third-order valence-corrected chi connectivity index (χ3v) is 4.53. The molecule has 0 aromatic carbocycles. The summed E-state index contributed by atoms with van der Waals surface area (Å²) < 4.78 is 24.4. The average molecular weight is 474 g/mol. The number of sulfonamides is 1. The van der Waals surface area contributed by atoms with Gasteiger partial charge < -0.3 is 10.6 Å². The van der Waals surface area contributed by atoms with Gasteiger partial charge in [0.05, 0.1) is 12.8 Å². The Bertz CT molecular complexity index is 587. The zero-order valence-electron chi connectivity index (χ0n) is 14.0. The van der Waals surface area contributed by atoms with Crippen LogP contribution in [0.5, 0.6) is 0 Å². The van der Waals surface area contributed by atoms with Gasteiger partial charge in [-0.25, -0.2) is 13.1 Å². The number of guanidine groups is 1. The fraction of sp³-hybridized carbons (Fsp3) is 0.643. The van der Waals surface area contributed by atoms with Crippen LogP contribution < -0.4 is 15.4 Å². The van der Waals surface area contributed by atoms with Crippen molar-refractivity contribution in [2.45, 2.75) is 33.2 Å². The number of rotatable bonds is 8. The monoisotopic (exact) mass is 474 g/mol. The van der Waals surface area contributed by atoms with Crippen LogP contribution in [-0.4, -0.2) is 46.3 Å². The lowest BCUT2D eigenvalue weighted by molar-refractivity contribution is 0.588. The molecule has 1 heterocycles. The summed E-state index contributed by atoms with van der Waals surface area (Å²) in [6.45, 7) is 7.67. The van der Waals surface area contributed by atoms with E-state index in [4.69, 9.17) is 0 Å². The van der Waals surface area contributed by atoms with Gasteiger partial charge in [0, 0.05) is 35.3 Å². The Morgan fingerprint density at radius 3 is 2.61 bits per heavy atom. The quantitative estimate of drug-likeness (QED) is 0.232. The summed E-state index contributed by atoms with van der Waals surface area (Å²) in [5.74, 6) is 0.707. The molecule has 0 saturated heterocycles. The van der Waals surface area contributed by atoms with Gasteiger partial charge in [-0.15, -0.1) is 35.3 Å². The Hall–Kier alpha value is -0.390. The summed E-state index contributed by atoms with van der Waals surface area (Å²) >= 11 is 1.80. The highest BCUT2D eigenvalue weighted by Crippen LogP contribution is 2.16. The molecule has 0 saturated carbocycles. The van der Waals surface area contributed by atoms with E-state index in [-0.39, 0.29) is 30.0 Å². The fourth-order valence-electron chi connectivity index (χ4n) is 1.90. The Morgan fingerprint density at radius 2 is 2.09 bits per heavy atom. The molecule has 1 aromatic rings. The number of hydrogen-bond donors (Lipinski definition) is 3. The minimum Gasteiger partial charge on any atom is -0.357 e. The van der Waals surface area contributed by atoms with Crippen molar-refractivity contribution in [1.82, 2.24) is 15.4 Å². The van der Waals surface area contributed by atoms with E-state index in [9.17, 15) is 8.42 Å². The van der Waals surface area contributed by atoms with Crippen molar-refractivity contribution < 1.29 is 8.42 Å². The van der Waals surface area contributed by atoms with E-state index in [1.54, 1.807) is 11.3 Å². The Labute approximate surface area is 160 Å². The van der Waals surface area contributed by atoms with Crippen LogP contribution in [0.4, 0.5) is 0 Å². The van der Waals surface area contributed by atoms with E-state index in [0.29, 0.717) is 19.0 Å². The van der Waals surface area contributed by atoms with Crippen molar-refractivity contribution in [3.8, 4) is 0 Å². The van der Waals surface area contributed by atoms with Gasteiger partial charge in [0.2, 0.25) is 10.0 Å². The predicted molar refractivity (Wildman–Crippen MR) is 110 cm³/mol. The van der Waals surface area contributed by atoms with Gasteiger partial charge in [-0.05, 0) is 32.9 Å². The van der Waals surface area contributed by atoms with Crippen LogP contribution in [0.25, 0.3) is 0 Å². The second-order valence-corrected chi connectivity index (χ2v) is 8.39. The number of nitrogens with one attached hydrogen (secondary N) is 3. The molecular weight excluding hydrogens is 447 g/mol. The lowest BCUT2D eigenvalue weighted by atomic mass is 10.2. The van der Waals surface area contributed by atoms with Gasteiger partial charge >= 0.3 is 0 Å². The minimum absolute atomic E-state index is 0. The molecule has 9 heteroatoms. The summed E-state index contributed by atoms with van der Waals surface area (Å²) in [5, 5.41) is 6.51. The first-order chi connectivity index (χ1) is 10.3. The number of halogens is 1. The zero-order valence-corrected chi connectivity index (χ0v) is 18.0. The third-order valence-electron chi connectivity index (χ3n) is 2.78. The molecule has 0 amide bonds. The van der Waals surface area contributed by atoms with E-state index < -0.39 is 10.0 Å². The van der Waals surface area contributed by atoms with Crippen LogP contribution in [0.1, 0.15) is 23.6 Å². The minimum atomic E-state index is -3.15. The normalized spacial score (nSPS) is 13.3. The Kier molecular flexibility index (Phi) is 11.0. The maximum atomic E-state index is 11.0. The van der Waals surface area contributed by atoms with E-state index in [0.717, 1.165) is 19.2 Å². The van der Waals surface area contributed by atoms with Crippen molar-refractivity contribution in [2.75, 3.05) is 25.9 Å². The first-order valence-electron chi connectivity index (χ1n) is 7.35. The first kappa shape index (κ1) is 22.6. The predicted octanol–water partition coefficient (Wildman–Crippen LogP) is 1.71. The summed E-state index contributed by atoms with van der Waals surface area (Å²) in [5.41, 5.74) is 0. The smallest absolute Gasteiger partial charge is 0.208 e. The van der Waals surface area contributed by atoms with E-state index in [2.05, 4.69) is 46.3 Å². The van der Waals surface area contributed by atoms with Crippen LogP contribution in [0, 0.1) is 6.92 Å². The topological polar surface area (TPSA) is 82.6 Å². The van der Waals surface area contributed by atoms with E-state index in [1.165, 1.54) is 9.75 Å². The molecule has 1 aromatic heterocycles. The molecule has 0 fully saturated rings. The van der Waals surface area contributed by atoms with Crippen LogP contribution >= 0.6 is 35.3 Å². The van der Waals surface area contributed by atoms with Gasteiger partial charge in [0.25, 0.3) is 0 Å². The largest absolute Gasteiger partial charge is 0.357 e. The Balaban J connectivity index is 0.00000484. The number of aryl methyl sites for hydroxylation is 1. The first-order valence-corrected chi connectivity index (χ1v) is 10.1. The molecular formula is C14H27IN4O2S2. The lowest BCUT2D eigenvalue weighted by Gasteiger charge is -2.17. The summed E-state index contributed by atoms with van der Waals surface area (Å²) in [6, 6.07) is 4.53. The standard InChI is InChI=1S/C14H26N4O2S2.HI/c1-5-15-14(16-8-9-17-22(4,19)20)18-11(2)10-13-7-6-12(3)21-13;/h6-7,11,17H,5,8-10H2,1-4H3,(H2,15,16,18);1H. The van der Waals surface area contributed by atoms with Crippen LogP contribution in [0.2, 0.25) is 0 Å². The average Bonchev–Trinajstić information content (AvgIpc) is 2.79.